The smallest absolute Gasteiger partial charge is 0.276 e. The molecule has 1 atom stereocenters. The molecule has 2 aromatic rings. The zero-order valence-electron chi connectivity index (χ0n) is 22.8. The first-order valence-electron chi connectivity index (χ1n) is 13.4. The molecule has 0 aliphatic carbocycles. The molecule has 1 amide bonds. The number of methoxy groups -OCH3 is 1. The molecule has 1 fully saturated rings. The van der Waals surface area contributed by atoms with Crippen molar-refractivity contribution >= 4 is 21.4 Å². The number of amides is 1. The van der Waals surface area contributed by atoms with E-state index >= 15 is 0 Å². The van der Waals surface area contributed by atoms with Gasteiger partial charge in [-0.25, -0.2) is 13.9 Å². The van der Waals surface area contributed by atoms with Gasteiger partial charge >= 0.3 is 0 Å². The summed E-state index contributed by atoms with van der Waals surface area (Å²) in [5.74, 6) is -0.108. The molecule has 1 aliphatic rings. The maximum atomic E-state index is 13.9. The van der Waals surface area contributed by atoms with E-state index in [0.29, 0.717) is 24.4 Å². The van der Waals surface area contributed by atoms with E-state index in [1.165, 1.54) is 7.11 Å². The van der Waals surface area contributed by atoms with E-state index in [0.717, 1.165) is 63.8 Å². The number of piperazine rings is 1. The first kappa shape index (κ1) is 29.9. The fourth-order valence-corrected chi connectivity index (χ4v) is 6.32. The highest BCUT2D eigenvalue weighted by Gasteiger charge is 2.30. The molecule has 3 N–H and O–H groups in total. The second-order valence-electron chi connectivity index (χ2n) is 9.92. The third-order valence-corrected chi connectivity index (χ3v) is 9.16. The number of benzene rings is 2. The van der Waals surface area contributed by atoms with Gasteiger partial charge in [0.15, 0.2) is 9.84 Å². The van der Waals surface area contributed by atoms with E-state index in [9.17, 15) is 18.4 Å². The zero-order valence-corrected chi connectivity index (χ0v) is 23.6. The van der Waals surface area contributed by atoms with Crippen LogP contribution in [-0.2, 0) is 16.4 Å². The topological polar surface area (TPSA) is 111 Å². The molecule has 1 aliphatic heterocycles. The normalized spacial score (nSPS) is 15.7. The Bertz CT molecular complexity index is 1130. The zero-order chi connectivity index (χ0) is 27.5. The summed E-state index contributed by atoms with van der Waals surface area (Å²) >= 11 is 0. The van der Waals surface area contributed by atoms with Gasteiger partial charge in [-0.3, -0.25) is 14.9 Å². The molecule has 1 unspecified atom stereocenters. The number of rotatable bonds is 14. The van der Waals surface area contributed by atoms with E-state index in [2.05, 4.69) is 29.1 Å². The van der Waals surface area contributed by atoms with Crippen LogP contribution in [0, 0.1) is 0 Å². The third kappa shape index (κ3) is 7.92. The molecular formula is C28H42N4O5S. The van der Waals surface area contributed by atoms with Crippen molar-refractivity contribution in [2.75, 3.05) is 45.7 Å². The summed E-state index contributed by atoms with van der Waals surface area (Å²) in [7, 11) is -0.179. The van der Waals surface area contributed by atoms with E-state index in [-0.39, 0.29) is 10.5 Å². The van der Waals surface area contributed by atoms with Crippen LogP contribution in [-0.4, -0.2) is 75.0 Å². The van der Waals surface area contributed by atoms with E-state index < -0.39 is 21.1 Å². The van der Waals surface area contributed by atoms with Crippen molar-refractivity contribution in [3.05, 3.63) is 53.6 Å². The van der Waals surface area contributed by atoms with Gasteiger partial charge in [0.2, 0.25) is 0 Å². The van der Waals surface area contributed by atoms with Gasteiger partial charge in [0.25, 0.3) is 5.91 Å². The SMILES string of the molecule is CCCCCCCC(Nc1c(CN2CCN(C)CC2)cccc1C(=O)NO)S(=O)(=O)c1ccc(OC)cc1. The fraction of sp³-hybridized carbons (Fsp3) is 0.536. The van der Waals surface area contributed by atoms with Crippen LogP contribution >= 0.6 is 0 Å². The Morgan fingerprint density at radius 1 is 1.03 bits per heavy atom. The predicted octanol–water partition coefficient (Wildman–Crippen LogP) is 4.13. The molecule has 210 valence electrons. The second-order valence-corrected chi connectivity index (χ2v) is 12.0. The molecule has 10 heteroatoms. The van der Waals surface area contributed by atoms with Crippen molar-refractivity contribution in [1.82, 2.24) is 15.3 Å². The summed E-state index contributed by atoms with van der Waals surface area (Å²) in [5.41, 5.74) is 3.18. The van der Waals surface area contributed by atoms with Gasteiger partial charge in [-0.1, -0.05) is 51.2 Å². The van der Waals surface area contributed by atoms with Crippen LogP contribution < -0.4 is 15.5 Å². The Hall–Kier alpha value is -2.66. The predicted molar refractivity (Wildman–Crippen MR) is 149 cm³/mol. The van der Waals surface area contributed by atoms with Crippen molar-refractivity contribution in [3.8, 4) is 5.75 Å². The van der Waals surface area contributed by atoms with E-state index in [1.807, 2.05) is 6.07 Å². The summed E-state index contributed by atoms with van der Waals surface area (Å²) < 4.78 is 33.0. The summed E-state index contributed by atoms with van der Waals surface area (Å²) in [5, 5.41) is 11.7. The highest BCUT2D eigenvalue weighted by molar-refractivity contribution is 7.92. The minimum Gasteiger partial charge on any atom is -0.497 e. The lowest BCUT2D eigenvalue weighted by Crippen LogP contribution is -2.44. The Morgan fingerprint density at radius 2 is 1.71 bits per heavy atom. The van der Waals surface area contributed by atoms with E-state index in [4.69, 9.17) is 4.74 Å². The van der Waals surface area contributed by atoms with Gasteiger partial charge in [-0.15, -0.1) is 0 Å². The van der Waals surface area contributed by atoms with Crippen LogP contribution in [0.2, 0.25) is 0 Å². The number of anilines is 1. The number of likely N-dealkylation sites (N-methyl/N-ethyl adjacent to an activating group) is 1. The number of carbonyl (C=O) groups excluding carboxylic acids is 1. The molecule has 0 spiro atoms. The Morgan fingerprint density at radius 3 is 2.34 bits per heavy atom. The molecule has 3 rings (SSSR count). The Labute approximate surface area is 227 Å². The Kier molecular flexibility index (Phi) is 11.4. The maximum Gasteiger partial charge on any atom is 0.276 e. The number of para-hydroxylation sites is 1. The molecule has 0 bridgehead atoms. The number of hydrogen-bond acceptors (Lipinski definition) is 8. The van der Waals surface area contributed by atoms with Gasteiger partial charge in [0.05, 0.1) is 23.3 Å². The minimum atomic E-state index is -3.80. The molecule has 0 saturated carbocycles. The molecule has 0 aromatic heterocycles. The lowest BCUT2D eigenvalue weighted by atomic mass is 10.0. The van der Waals surface area contributed by atoms with E-state index in [1.54, 1.807) is 41.9 Å². The van der Waals surface area contributed by atoms with Gasteiger partial charge in [0.1, 0.15) is 11.1 Å². The highest BCUT2D eigenvalue weighted by Crippen LogP contribution is 2.29. The quantitative estimate of drug-likeness (QED) is 0.184. The number of carbonyl (C=O) groups is 1. The lowest BCUT2D eigenvalue weighted by Gasteiger charge is -2.33. The van der Waals surface area contributed by atoms with Crippen LogP contribution in [0.5, 0.6) is 5.75 Å². The first-order chi connectivity index (χ1) is 18.3. The number of nitrogens with zero attached hydrogens (tertiary/aromatic N) is 2. The molecule has 0 radical (unpaired) electrons. The molecule has 38 heavy (non-hydrogen) atoms. The van der Waals surface area contributed by atoms with Crippen molar-refractivity contribution in [2.24, 2.45) is 0 Å². The van der Waals surface area contributed by atoms with Crippen molar-refractivity contribution in [3.63, 3.8) is 0 Å². The molecule has 2 aromatic carbocycles. The summed E-state index contributed by atoms with van der Waals surface area (Å²) in [6.07, 6.45) is 5.31. The number of sulfone groups is 1. The number of nitrogens with one attached hydrogen (secondary N) is 2. The number of unbranched alkanes of at least 4 members (excludes halogenated alkanes) is 4. The van der Waals surface area contributed by atoms with Gasteiger partial charge < -0.3 is 15.0 Å². The van der Waals surface area contributed by atoms with Crippen LogP contribution in [0.1, 0.15) is 61.4 Å². The second kappa shape index (κ2) is 14.5. The van der Waals surface area contributed by atoms with Crippen LogP contribution in [0.15, 0.2) is 47.4 Å². The first-order valence-corrected chi connectivity index (χ1v) is 15.0. The molecule has 9 nitrogen and oxygen atoms in total. The largest absolute Gasteiger partial charge is 0.497 e. The minimum absolute atomic E-state index is 0.189. The van der Waals surface area contributed by atoms with Crippen molar-refractivity contribution in [1.29, 1.82) is 0 Å². The monoisotopic (exact) mass is 546 g/mol. The molecule has 1 saturated heterocycles. The highest BCUT2D eigenvalue weighted by atomic mass is 32.2. The van der Waals surface area contributed by atoms with Crippen molar-refractivity contribution in [2.45, 2.75) is 62.3 Å². The Balaban J connectivity index is 1.96. The lowest BCUT2D eigenvalue weighted by molar-refractivity contribution is 0.0707. The van der Waals surface area contributed by atoms with Crippen LogP contribution in [0.4, 0.5) is 5.69 Å². The van der Waals surface area contributed by atoms with Crippen LogP contribution in [0.3, 0.4) is 0 Å². The average Bonchev–Trinajstić information content (AvgIpc) is 2.93. The summed E-state index contributed by atoms with van der Waals surface area (Å²) in [4.78, 5) is 17.4. The third-order valence-electron chi connectivity index (χ3n) is 7.12. The van der Waals surface area contributed by atoms with Gasteiger partial charge in [-0.05, 0) is 49.4 Å². The number of ether oxygens (including phenoxy) is 1. The molecular weight excluding hydrogens is 504 g/mol. The van der Waals surface area contributed by atoms with Gasteiger partial charge in [-0.2, -0.15) is 0 Å². The summed E-state index contributed by atoms with van der Waals surface area (Å²) in [6, 6.07) is 11.6. The number of hydroxylamine groups is 1. The average molecular weight is 547 g/mol. The van der Waals surface area contributed by atoms with Gasteiger partial charge in [0, 0.05) is 32.7 Å². The van der Waals surface area contributed by atoms with Crippen molar-refractivity contribution < 1.29 is 23.2 Å². The maximum absolute atomic E-state index is 13.9. The summed E-state index contributed by atoms with van der Waals surface area (Å²) in [6.45, 7) is 6.32. The standard InChI is InChI=1S/C28H42N4O5S/c1-4-5-6-7-8-12-26(38(35,36)24-15-13-23(37-3)14-16-24)29-27-22(10-9-11-25(27)28(33)30-34)21-32-19-17-31(2)18-20-32/h9-11,13-16,26,29,34H,4-8,12,17-21H2,1-3H3,(H,30,33). The number of hydrogen-bond donors (Lipinski definition) is 3. The fourth-order valence-electron chi connectivity index (χ4n) is 4.73. The van der Waals surface area contributed by atoms with Crippen LogP contribution in [0.25, 0.3) is 0 Å². The molecule has 1 heterocycles.